The van der Waals surface area contributed by atoms with Crippen molar-refractivity contribution in [2.45, 2.75) is 6.04 Å². The fourth-order valence-electron chi connectivity index (χ4n) is 2.68. The summed E-state index contributed by atoms with van der Waals surface area (Å²) in [5.74, 6) is 0. The fraction of sp³-hybridized carbons (Fsp3) is 0.235. The molecule has 3 aromatic rings. The molecular weight excluding hydrogens is 324 g/mol. The summed E-state index contributed by atoms with van der Waals surface area (Å²) in [6, 6.07) is 11.1. The van der Waals surface area contributed by atoms with Crippen molar-refractivity contribution in [1.29, 1.82) is 0 Å². The van der Waals surface area contributed by atoms with Gasteiger partial charge in [0, 0.05) is 23.7 Å². The third kappa shape index (κ3) is 3.22. The Labute approximate surface area is 143 Å². The molecule has 0 radical (unpaired) electrons. The fourth-order valence-corrected chi connectivity index (χ4v) is 3.61. The lowest BCUT2D eigenvalue weighted by atomic mass is 10.1. The van der Waals surface area contributed by atoms with Gasteiger partial charge in [-0.05, 0) is 43.7 Å². The molecule has 0 aliphatic rings. The number of fused-ring (bicyclic) bond motifs is 1. The molecule has 0 amide bonds. The van der Waals surface area contributed by atoms with Crippen LogP contribution in [0.25, 0.3) is 10.9 Å². The van der Waals surface area contributed by atoms with Crippen LogP contribution in [-0.2, 0) is 0 Å². The van der Waals surface area contributed by atoms with Crippen molar-refractivity contribution in [3.8, 4) is 0 Å². The number of pyridine rings is 1. The average Bonchev–Trinajstić information content (AvgIpc) is 3.08. The zero-order chi connectivity index (χ0) is 17.1. The predicted octanol–water partition coefficient (Wildman–Crippen LogP) is 3.92. The molecule has 1 aromatic carbocycles. The van der Waals surface area contributed by atoms with E-state index in [1.165, 1.54) is 10.9 Å². The Kier molecular flexibility index (Phi) is 4.73. The van der Waals surface area contributed by atoms with Crippen molar-refractivity contribution in [2.24, 2.45) is 0 Å². The minimum absolute atomic E-state index is 0.0751. The number of benzene rings is 1. The van der Waals surface area contributed by atoms with Gasteiger partial charge in [-0.25, -0.2) is 0 Å². The molecule has 0 bridgehead atoms. The van der Waals surface area contributed by atoms with Crippen LogP contribution in [0.5, 0.6) is 0 Å². The molecule has 2 heterocycles. The van der Waals surface area contributed by atoms with Gasteiger partial charge in [0.25, 0.3) is 5.69 Å². The first-order valence-corrected chi connectivity index (χ1v) is 8.41. The van der Waals surface area contributed by atoms with E-state index in [1.54, 1.807) is 35.7 Å². The van der Waals surface area contributed by atoms with Crippen LogP contribution in [0.2, 0.25) is 0 Å². The molecule has 0 saturated heterocycles. The predicted molar refractivity (Wildman–Crippen MR) is 97.6 cm³/mol. The van der Waals surface area contributed by atoms with Crippen molar-refractivity contribution in [2.75, 3.05) is 26.0 Å². The van der Waals surface area contributed by atoms with E-state index < -0.39 is 0 Å². The highest BCUT2D eigenvalue weighted by Gasteiger charge is 2.18. The number of hydrogen-bond acceptors (Lipinski definition) is 6. The molecule has 0 aliphatic carbocycles. The Hall–Kier alpha value is -2.51. The maximum absolute atomic E-state index is 11.2. The van der Waals surface area contributed by atoms with Crippen LogP contribution in [0, 0.1) is 10.1 Å². The third-order valence-electron chi connectivity index (χ3n) is 3.92. The maximum Gasteiger partial charge on any atom is 0.278 e. The number of nitro benzene ring substituents is 1. The van der Waals surface area contributed by atoms with E-state index in [2.05, 4.69) is 26.6 Å². The summed E-state index contributed by atoms with van der Waals surface area (Å²) in [6.07, 6.45) is 1.65. The van der Waals surface area contributed by atoms with Crippen molar-refractivity contribution in [3.05, 3.63) is 63.0 Å². The summed E-state index contributed by atoms with van der Waals surface area (Å²) in [7, 11) is 4.08. The highest BCUT2D eigenvalue weighted by atomic mass is 32.1. The minimum atomic E-state index is -0.373. The van der Waals surface area contributed by atoms with Crippen LogP contribution in [-0.4, -0.2) is 35.4 Å². The van der Waals surface area contributed by atoms with E-state index in [9.17, 15) is 10.1 Å². The lowest BCUT2D eigenvalue weighted by Crippen LogP contribution is -2.26. The normalized spacial score (nSPS) is 12.5. The summed E-state index contributed by atoms with van der Waals surface area (Å²) in [4.78, 5) is 18.6. The topological polar surface area (TPSA) is 71.3 Å². The smallest absolute Gasteiger partial charge is 0.278 e. The summed E-state index contributed by atoms with van der Waals surface area (Å²) in [5, 5.41) is 17.2. The van der Waals surface area contributed by atoms with Crippen molar-refractivity contribution in [1.82, 2.24) is 9.88 Å². The minimum Gasteiger partial charge on any atom is -0.381 e. The molecule has 0 fully saturated rings. The number of hydrogen-bond donors (Lipinski definition) is 1. The summed E-state index contributed by atoms with van der Waals surface area (Å²) >= 11 is 1.72. The highest BCUT2D eigenvalue weighted by molar-refractivity contribution is 7.10. The van der Waals surface area contributed by atoms with E-state index >= 15 is 0 Å². The number of aromatic nitrogens is 1. The summed E-state index contributed by atoms with van der Waals surface area (Å²) in [6.45, 7) is 0.691. The van der Waals surface area contributed by atoms with Gasteiger partial charge in [-0.3, -0.25) is 15.1 Å². The van der Waals surface area contributed by atoms with Gasteiger partial charge in [-0.2, -0.15) is 0 Å². The number of likely N-dealkylation sites (N-methyl/N-ethyl adjacent to an activating group) is 1. The third-order valence-corrected chi connectivity index (χ3v) is 4.90. The Balaban J connectivity index is 1.90. The Bertz CT molecular complexity index is 849. The second-order valence-corrected chi connectivity index (χ2v) is 6.64. The van der Waals surface area contributed by atoms with Gasteiger partial charge < -0.3 is 10.2 Å². The van der Waals surface area contributed by atoms with Crippen LogP contribution < -0.4 is 5.32 Å². The first-order chi connectivity index (χ1) is 11.6. The standard InChI is InChI=1S/C17H18N4O2S/c1-20(2)15(16-6-4-10-24-16)11-19-13-7-8-14(21(22)23)12-5-3-9-18-17(12)13/h3-10,15,19H,11H2,1-2H3. The van der Waals surface area contributed by atoms with Crippen molar-refractivity contribution in [3.63, 3.8) is 0 Å². The van der Waals surface area contributed by atoms with E-state index in [-0.39, 0.29) is 16.7 Å². The molecule has 0 saturated carbocycles. The number of thiophene rings is 1. The molecule has 2 aromatic heterocycles. The molecule has 124 valence electrons. The first-order valence-electron chi connectivity index (χ1n) is 7.53. The lowest BCUT2D eigenvalue weighted by molar-refractivity contribution is -0.383. The largest absolute Gasteiger partial charge is 0.381 e. The van der Waals surface area contributed by atoms with Gasteiger partial charge in [0.05, 0.1) is 22.0 Å². The van der Waals surface area contributed by atoms with Gasteiger partial charge in [-0.1, -0.05) is 6.07 Å². The summed E-state index contributed by atoms with van der Waals surface area (Å²) < 4.78 is 0. The van der Waals surface area contributed by atoms with Crippen molar-refractivity contribution < 1.29 is 4.92 Å². The molecule has 0 spiro atoms. The molecule has 7 heteroatoms. The monoisotopic (exact) mass is 342 g/mol. The number of rotatable bonds is 6. The molecule has 1 unspecified atom stereocenters. The zero-order valence-corrected chi connectivity index (χ0v) is 14.3. The van der Waals surface area contributed by atoms with Crippen LogP contribution in [0.15, 0.2) is 48.0 Å². The number of nitro groups is 1. The molecule has 1 N–H and O–H groups in total. The quantitative estimate of drug-likeness (QED) is 0.543. The zero-order valence-electron chi connectivity index (χ0n) is 13.5. The number of anilines is 1. The maximum atomic E-state index is 11.2. The number of non-ortho nitro benzene ring substituents is 1. The van der Waals surface area contributed by atoms with E-state index in [4.69, 9.17) is 0 Å². The average molecular weight is 342 g/mol. The molecule has 3 rings (SSSR count). The molecule has 0 aliphatic heterocycles. The van der Waals surface area contributed by atoms with Gasteiger partial charge in [0.15, 0.2) is 0 Å². The van der Waals surface area contributed by atoms with Crippen LogP contribution in [0.4, 0.5) is 11.4 Å². The van der Waals surface area contributed by atoms with Gasteiger partial charge in [-0.15, -0.1) is 11.3 Å². The Morgan fingerprint density at radius 1 is 1.29 bits per heavy atom. The number of nitrogens with zero attached hydrogens (tertiary/aromatic N) is 3. The second-order valence-electron chi connectivity index (χ2n) is 5.66. The molecule has 6 nitrogen and oxygen atoms in total. The molecular formula is C17H18N4O2S. The number of nitrogens with one attached hydrogen (secondary N) is 1. The molecule has 1 atom stereocenters. The Morgan fingerprint density at radius 3 is 2.79 bits per heavy atom. The van der Waals surface area contributed by atoms with Crippen LogP contribution in [0.3, 0.4) is 0 Å². The van der Waals surface area contributed by atoms with Crippen LogP contribution in [0.1, 0.15) is 10.9 Å². The van der Waals surface area contributed by atoms with Gasteiger partial charge in [0.2, 0.25) is 0 Å². The van der Waals surface area contributed by atoms with E-state index in [1.807, 2.05) is 20.2 Å². The second kappa shape index (κ2) is 6.94. The van der Waals surface area contributed by atoms with Gasteiger partial charge in [0.1, 0.15) is 5.52 Å². The Morgan fingerprint density at radius 2 is 2.12 bits per heavy atom. The highest BCUT2D eigenvalue weighted by Crippen LogP contribution is 2.31. The van der Waals surface area contributed by atoms with Gasteiger partial charge >= 0.3 is 0 Å². The van der Waals surface area contributed by atoms with E-state index in [0.29, 0.717) is 17.4 Å². The van der Waals surface area contributed by atoms with E-state index in [0.717, 1.165) is 5.69 Å². The summed E-state index contributed by atoms with van der Waals surface area (Å²) in [5.41, 5.74) is 1.50. The SMILES string of the molecule is CN(C)C(CNc1ccc([N+](=O)[O-])c2cccnc12)c1cccs1. The lowest BCUT2D eigenvalue weighted by Gasteiger charge is -2.24. The van der Waals surface area contributed by atoms with Crippen LogP contribution >= 0.6 is 11.3 Å². The first kappa shape index (κ1) is 16.4. The van der Waals surface area contributed by atoms with Crippen molar-refractivity contribution >= 4 is 33.6 Å². The molecule has 24 heavy (non-hydrogen) atoms.